The lowest BCUT2D eigenvalue weighted by Crippen LogP contribution is -1.93. The quantitative estimate of drug-likeness (QED) is 0.634. The maximum absolute atomic E-state index is 5.36. The van der Waals surface area contributed by atoms with Crippen molar-refractivity contribution in [3.63, 3.8) is 0 Å². The molecule has 0 spiro atoms. The summed E-state index contributed by atoms with van der Waals surface area (Å²) in [5.74, 6) is 4.13. The maximum Gasteiger partial charge on any atom is 0.113 e. The second-order valence-corrected chi connectivity index (χ2v) is 5.06. The highest BCUT2D eigenvalue weighted by molar-refractivity contribution is 5.60. The fourth-order valence-electron chi connectivity index (χ4n) is 2.53. The third kappa shape index (κ3) is 2.32. The van der Waals surface area contributed by atoms with E-state index in [0.29, 0.717) is 5.92 Å². The van der Waals surface area contributed by atoms with Crippen LogP contribution in [-0.4, -0.2) is 9.97 Å². The van der Waals surface area contributed by atoms with Gasteiger partial charge in [0.05, 0.1) is 11.9 Å². The van der Waals surface area contributed by atoms with E-state index in [1.807, 2.05) is 30.5 Å². The third-order valence-corrected chi connectivity index (χ3v) is 3.64. The molecule has 1 heterocycles. The van der Waals surface area contributed by atoms with Crippen molar-refractivity contribution >= 4 is 0 Å². The fraction of sp³-hybridized carbons (Fsp3) is 0.235. The van der Waals surface area contributed by atoms with E-state index in [0.717, 1.165) is 29.1 Å². The maximum atomic E-state index is 5.36. The van der Waals surface area contributed by atoms with Crippen LogP contribution in [0, 0.1) is 12.3 Å². The first-order chi connectivity index (χ1) is 9.26. The van der Waals surface area contributed by atoms with E-state index < -0.39 is 0 Å². The van der Waals surface area contributed by atoms with Crippen LogP contribution >= 0.6 is 0 Å². The molecular weight excluding hydrogens is 232 g/mol. The number of aromatic nitrogens is 2. The highest BCUT2D eigenvalue weighted by Crippen LogP contribution is 2.31. The summed E-state index contributed by atoms with van der Waals surface area (Å²) in [7, 11) is 0. The summed E-state index contributed by atoms with van der Waals surface area (Å²) in [5.41, 5.74) is 4.53. The van der Waals surface area contributed by atoms with Gasteiger partial charge in [0.15, 0.2) is 0 Å². The van der Waals surface area contributed by atoms with Crippen LogP contribution in [0.15, 0.2) is 42.1 Å². The number of hydrogen-bond acceptors (Lipinski definition) is 1. The number of imidazole rings is 1. The van der Waals surface area contributed by atoms with Gasteiger partial charge in [-0.3, -0.25) is 0 Å². The highest BCUT2D eigenvalue weighted by atomic mass is 14.9. The zero-order valence-corrected chi connectivity index (χ0v) is 11.0. The molecule has 1 aliphatic carbocycles. The first-order valence-electron chi connectivity index (χ1n) is 6.55. The summed E-state index contributed by atoms with van der Waals surface area (Å²) in [5, 5.41) is 0. The fourth-order valence-corrected chi connectivity index (χ4v) is 2.53. The Morgan fingerprint density at radius 3 is 2.74 bits per heavy atom. The summed E-state index contributed by atoms with van der Waals surface area (Å²) in [4.78, 5) is 7.93. The number of hydrogen-bond donors (Lipinski definition) is 1. The number of rotatable bonds is 2. The second-order valence-electron chi connectivity index (χ2n) is 5.06. The molecule has 94 valence electrons. The molecule has 0 unspecified atom stereocenters. The van der Waals surface area contributed by atoms with Crippen molar-refractivity contribution in [1.82, 2.24) is 9.97 Å². The Kier molecular flexibility index (Phi) is 2.97. The number of benzene rings is 1. The minimum absolute atomic E-state index is 0.443. The third-order valence-electron chi connectivity index (χ3n) is 3.64. The summed E-state index contributed by atoms with van der Waals surface area (Å²) in [6, 6.07) is 7.97. The van der Waals surface area contributed by atoms with Gasteiger partial charge in [-0.2, -0.15) is 0 Å². The van der Waals surface area contributed by atoms with Gasteiger partial charge in [0.1, 0.15) is 5.82 Å². The van der Waals surface area contributed by atoms with Crippen LogP contribution in [-0.2, 0) is 0 Å². The Morgan fingerprint density at radius 1 is 1.32 bits per heavy atom. The molecule has 1 aliphatic rings. The van der Waals surface area contributed by atoms with Gasteiger partial charge in [0.25, 0.3) is 0 Å². The van der Waals surface area contributed by atoms with Crippen LogP contribution in [0.1, 0.15) is 37.1 Å². The molecular formula is C17H16N2. The van der Waals surface area contributed by atoms with E-state index in [-0.39, 0.29) is 0 Å². The molecule has 0 aliphatic heterocycles. The van der Waals surface area contributed by atoms with Crippen molar-refractivity contribution in [3.05, 3.63) is 53.5 Å². The molecule has 3 rings (SSSR count). The average Bonchev–Trinajstić information content (AvgIpc) is 3.07. The van der Waals surface area contributed by atoms with Crippen LogP contribution in [0.4, 0.5) is 0 Å². The van der Waals surface area contributed by atoms with E-state index in [1.165, 1.54) is 12.0 Å². The number of nitrogens with one attached hydrogen (secondary N) is 1. The monoisotopic (exact) mass is 248 g/mol. The van der Waals surface area contributed by atoms with Crippen LogP contribution in [0.25, 0.3) is 11.3 Å². The topological polar surface area (TPSA) is 28.7 Å². The zero-order valence-electron chi connectivity index (χ0n) is 11.0. The molecule has 1 atom stereocenters. The molecule has 1 aromatic heterocycles. The van der Waals surface area contributed by atoms with Gasteiger partial charge >= 0.3 is 0 Å². The SMILES string of the molecule is C#Cc1ccc(-c2cnc([C@@H]3C=C(C)CC3)[nH]2)cc1. The molecule has 0 fully saturated rings. The van der Waals surface area contributed by atoms with E-state index >= 15 is 0 Å². The van der Waals surface area contributed by atoms with Crippen molar-refractivity contribution in [2.24, 2.45) is 0 Å². The largest absolute Gasteiger partial charge is 0.342 e. The first kappa shape index (κ1) is 11.8. The summed E-state index contributed by atoms with van der Waals surface area (Å²) in [6.07, 6.45) is 11.9. The summed E-state index contributed by atoms with van der Waals surface area (Å²) in [6.45, 7) is 2.18. The Morgan fingerprint density at radius 2 is 2.11 bits per heavy atom. The molecule has 0 saturated carbocycles. The predicted molar refractivity (Wildman–Crippen MR) is 77.7 cm³/mol. The van der Waals surface area contributed by atoms with Crippen LogP contribution < -0.4 is 0 Å². The Balaban J connectivity index is 1.86. The van der Waals surface area contributed by atoms with Gasteiger partial charge < -0.3 is 4.98 Å². The van der Waals surface area contributed by atoms with Crippen LogP contribution in [0.5, 0.6) is 0 Å². The van der Waals surface area contributed by atoms with Gasteiger partial charge in [-0.15, -0.1) is 6.42 Å². The molecule has 1 N–H and O–H groups in total. The lowest BCUT2D eigenvalue weighted by Gasteiger charge is -2.02. The molecule has 0 amide bonds. The molecule has 0 saturated heterocycles. The number of allylic oxidation sites excluding steroid dienone is 2. The Bertz CT molecular complexity index is 653. The molecule has 2 heteroatoms. The minimum atomic E-state index is 0.443. The van der Waals surface area contributed by atoms with Crippen molar-refractivity contribution in [2.45, 2.75) is 25.7 Å². The van der Waals surface area contributed by atoms with Crippen LogP contribution in [0.3, 0.4) is 0 Å². The smallest absolute Gasteiger partial charge is 0.113 e. The van der Waals surface area contributed by atoms with Gasteiger partial charge in [-0.05, 0) is 37.5 Å². The summed E-state index contributed by atoms with van der Waals surface area (Å²) >= 11 is 0. The van der Waals surface area contributed by atoms with Crippen molar-refractivity contribution < 1.29 is 0 Å². The molecule has 0 bridgehead atoms. The molecule has 2 aromatic rings. The van der Waals surface area contributed by atoms with E-state index in [9.17, 15) is 0 Å². The van der Waals surface area contributed by atoms with E-state index in [2.05, 4.69) is 28.9 Å². The first-order valence-corrected chi connectivity index (χ1v) is 6.55. The minimum Gasteiger partial charge on any atom is -0.342 e. The van der Waals surface area contributed by atoms with Gasteiger partial charge in [-0.25, -0.2) is 4.98 Å². The molecule has 2 nitrogen and oxygen atoms in total. The number of terminal acetylenes is 1. The van der Waals surface area contributed by atoms with Crippen molar-refractivity contribution in [2.75, 3.05) is 0 Å². The number of aromatic amines is 1. The normalized spacial score (nSPS) is 18.1. The van der Waals surface area contributed by atoms with Gasteiger partial charge in [0.2, 0.25) is 0 Å². The van der Waals surface area contributed by atoms with E-state index in [4.69, 9.17) is 6.42 Å². The molecule has 0 radical (unpaired) electrons. The zero-order chi connectivity index (χ0) is 13.2. The van der Waals surface area contributed by atoms with Gasteiger partial charge in [0, 0.05) is 11.5 Å². The standard InChI is InChI=1S/C17H16N2/c1-3-13-5-8-14(9-6-13)16-11-18-17(19-16)15-7-4-12(2)10-15/h1,5-6,8-11,15H,4,7H2,2H3,(H,18,19)/t15-/m0/s1. The molecule has 1 aromatic carbocycles. The number of H-pyrrole nitrogens is 1. The number of nitrogens with zero attached hydrogens (tertiary/aromatic N) is 1. The van der Waals surface area contributed by atoms with Crippen LogP contribution in [0.2, 0.25) is 0 Å². The van der Waals surface area contributed by atoms with Gasteiger partial charge in [-0.1, -0.05) is 29.7 Å². The lowest BCUT2D eigenvalue weighted by atomic mass is 10.1. The highest BCUT2D eigenvalue weighted by Gasteiger charge is 2.18. The summed E-state index contributed by atoms with van der Waals surface area (Å²) < 4.78 is 0. The Labute approximate surface area is 113 Å². The Hall–Kier alpha value is -2.27. The molecule has 19 heavy (non-hydrogen) atoms. The predicted octanol–water partition coefficient (Wildman–Crippen LogP) is 3.88. The van der Waals surface area contributed by atoms with Crippen molar-refractivity contribution in [1.29, 1.82) is 0 Å². The average molecular weight is 248 g/mol. The van der Waals surface area contributed by atoms with Crippen molar-refractivity contribution in [3.8, 4) is 23.6 Å². The van der Waals surface area contributed by atoms with E-state index in [1.54, 1.807) is 0 Å². The lowest BCUT2D eigenvalue weighted by molar-refractivity contribution is 0.749. The second kappa shape index (κ2) is 4.78.